The second-order valence-corrected chi connectivity index (χ2v) is 7.08. The van der Waals surface area contributed by atoms with Gasteiger partial charge in [0.05, 0.1) is 18.5 Å². The van der Waals surface area contributed by atoms with E-state index in [4.69, 9.17) is 4.74 Å². The molecule has 0 radical (unpaired) electrons. The Balaban J connectivity index is 1.78. The van der Waals surface area contributed by atoms with Crippen molar-refractivity contribution in [3.63, 3.8) is 0 Å². The van der Waals surface area contributed by atoms with Crippen LogP contribution in [-0.2, 0) is 0 Å². The van der Waals surface area contributed by atoms with Crippen LogP contribution in [0.2, 0.25) is 0 Å². The Morgan fingerprint density at radius 2 is 2.03 bits per heavy atom. The average molecular weight is 433 g/mol. The summed E-state index contributed by atoms with van der Waals surface area (Å²) in [4.78, 5) is 19.1. The first-order valence-corrected chi connectivity index (χ1v) is 10.4. The van der Waals surface area contributed by atoms with Crippen LogP contribution >= 0.6 is 0 Å². The monoisotopic (exact) mass is 433 g/mol. The van der Waals surface area contributed by atoms with Crippen molar-refractivity contribution in [2.45, 2.75) is 32.6 Å². The minimum absolute atomic E-state index is 0.0579. The number of ether oxygens (including phenoxy) is 1. The Hall–Kier alpha value is -3.99. The van der Waals surface area contributed by atoms with Gasteiger partial charge < -0.3 is 4.74 Å². The molecular formula is C24H24FN5O2. The summed E-state index contributed by atoms with van der Waals surface area (Å²) >= 11 is 0. The van der Waals surface area contributed by atoms with Gasteiger partial charge in [-0.15, -0.1) is 0 Å². The Kier molecular flexibility index (Phi) is 8.09. The highest BCUT2D eigenvalue weighted by Crippen LogP contribution is 2.20. The zero-order valence-electron chi connectivity index (χ0n) is 17.8. The number of aromatic amines is 1. The van der Waals surface area contributed by atoms with E-state index in [0.717, 1.165) is 25.7 Å². The van der Waals surface area contributed by atoms with Gasteiger partial charge in [0.15, 0.2) is 0 Å². The number of hydrogen-bond acceptors (Lipinski definition) is 6. The maximum atomic E-state index is 13.7. The summed E-state index contributed by atoms with van der Waals surface area (Å²) in [7, 11) is 0. The number of halogens is 1. The van der Waals surface area contributed by atoms with Crippen molar-refractivity contribution in [3.05, 3.63) is 75.8 Å². The van der Waals surface area contributed by atoms with E-state index < -0.39 is 11.4 Å². The van der Waals surface area contributed by atoms with Crippen molar-refractivity contribution in [3.8, 4) is 23.1 Å². The van der Waals surface area contributed by atoms with Gasteiger partial charge in [-0.25, -0.2) is 14.8 Å². The number of nitriles is 1. The quantitative estimate of drug-likeness (QED) is 0.270. The highest BCUT2D eigenvalue weighted by molar-refractivity contribution is 5.84. The molecule has 3 rings (SSSR count). The number of H-pyrrole nitrogens is 1. The number of aromatic nitrogens is 2. The van der Waals surface area contributed by atoms with E-state index in [0.29, 0.717) is 23.5 Å². The van der Waals surface area contributed by atoms with Crippen molar-refractivity contribution >= 4 is 12.2 Å². The van der Waals surface area contributed by atoms with Crippen LogP contribution in [0.5, 0.6) is 5.75 Å². The lowest BCUT2D eigenvalue weighted by molar-refractivity contribution is 0.304. The first-order chi connectivity index (χ1) is 15.6. The maximum absolute atomic E-state index is 13.7. The van der Waals surface area contributed by atoms with Gasteiger partial charge >= 0.3 is 0 Å². The van der Waals surface area contributed by atoms with E-state index in [2.05, 4.69) is 27.4 Å². The maximum Gasteiger partial charge on any atom is 0.270 e. The van der Waals surface area contributed by atoms with E-state index in [9.17, 15) is 14.4 Å². The molecule has 0 spiro atoms. The fourth-order valence-corrected chi connectivity index (χ4v) is 3.06. The van der Waals surface area contributed by atoms with E-state index in [1.54, 1.807) is 30.3 Å². The molecule has 0 unspecified atom stereocenters. The van der Waals surface area contributed by atoms with Gasteiger partial charge in [-0.2, -0.15) is 10.4 Å². The molecule has 0 saturated carbocycles. The minimum atomic E-state index is -0.582. The normalized spacial score (nSPS) is 10.8. The van der Waals surface area contributed by atoms with Crippen LogP contribution < -0.4 is 15.7 Å². The molecule has 1 heterocycles. The van der Waals surface area contributed by atoms with Gasteiger partial charge in [-0.05, 0) is 24.6 Å². The first-order valence-electron chi connectivity index (χ1n) is 10.4. The van der Waals surface area contributed by atoms with Gasteiger partial charge in [-0.3, -0.25) is 9.78 Å². The standard InChI is InChI=1S/C24H24FN5O2/c1-2-3-4-8-13-32-21-12-11-19(25)14-18(21)16-27-30-24-28-22(17-9-6-5-7-10-17)20(15-26)23(31)29-24/h5-7,9-12,14,16H,2-4,8,13H2,1H3,(H2,28,29,30,31). The molecule has 3 aromatic rings. The van der Waals surface area contributed by atoms with Crippen molar-refractivity contribution in [1.29, 1.82) is 5.26 Å². The van der Waals surface area contributed by atoms with Gasteiger partial charge in [0.1, 0.15) is 23.2 Å². The van der Waals surface area contributed by atoms with Crippen molar-refractivity contribution in [2.24, 2.45) is 5.10 Å². The lowest BCUT2D eigenvalue weighted by atomic mass is 10.1. The third-order valence-electron chi connectivity index (χ3n) is 4.68. The number of anilines is 1. The molecule has 164 valence electrons. The molecule has 0 aliphatic rings. The number of nitrogens with one attached hydrogen (secondary N) is 2. The molecule has 0 aliphatic heterocycles. The predicted molar refractivity (Wildman–Crippen MR) is 122 cm³/mol. The molecular weight excluding hydrogens is 409 g/mol. The SMILES string of the molecule is CCCCCCOc1ccc(F)cc1C=NNc1nc(-c2ccccc2)c(C#N)c(=O)[nH]1. The highest BCUT2D eigenvalue weighted by Gasteiger charge is 2.13. The van der Waals surface area contributed by atoms with Crippen LogP contribution in [0.4, 0.5) is 10.3 Å². The molecule has 2 N–H and O–H groups in total. The fourth-order valence-electron chi connectivity index (χ4n) is 3.06. The summed E-state index contributed by atoms with van der Waals surface area (Å²) in [5.41, 5.74) is 3.30. The molecule has 7 nitrogen and oxygen atoms in total. The topological polar surface area (TPSA) is 103 Å². The van der Waals surface area contributed by atoms with E-state index in [1.165, 1.54) is 18.3 Å². The number of nitrogens with zero attached hydrogens (tertiary/aromatic N) is 3. The van der Waals surface area contributed by atoms with E-state index in [-0.39, 0.29) is 17.2 Å². The third-order valence-corrected chi connectivity index (χ3v) is 4.68. The third kappa shape index (κ3) is 6.01. The summed E-state index contributed by atoms with van der Waals surface area (Å²) in [6.45, 7) is 2.67. The molecule has 0 saturated heterocycles. The lowest BCUT2D eigenvalue weighted by Gasteiger charge is -2.09. The van der Waals surface area contributed by atoms with Crippen LogP contribution in [0.3, 0.4) is 0 Å². The van der Waals surface area contributed by atoms with Crippen LogP contribution in [-0.4, -0.2) is 22.8 Å². The fraction of sp³-hybridized carbons (Fsp3) is 0.250. The number of rotatable bonds is 10. The molecule has 0 amide bonds. The van der Waals surface area contributed by atoms with Crippen molar-refractivity contribution in [2.75, 3.05) is 12.0 Å². The first kappa shape index (κ1) is 22.7. The van der Waals surface area contributed by atoms with Gasteiger partial charge in [0, 0.05) is 11.1 Å². The van der Waals surface area contributed by atoms with Gasteiger partial charge in [0.2, 0.25) is 5.95 Å². The average Bonchev–Trinajstić information content (AvgIpc) is 2.80. The highest BCUT2D eigenvalue weighted by atomic mass is 19.1. The van der Waals surface area contributed by atoms with Crippen molar-refractivity contribution in [1.82, 2.24) is 9.97 Å². The van der Waals surface area contributed by atoms with Gasteiger partial charge in [-0.1, -0.05) is 56.5 Å². The lowest BCUT2D eigenvalue weighted by Crippen LogP contribution is -2.16. The predicted octanol–water partition coefficient (Wildman–Crippen LogP) is 4.85. The van der Waals surface area contributed by atoms with Crippen LogP contribution in [0, 0.1) is 17.1 Å². The summed E-state index contributed by atoms with van der Waals surface area (Å²) in [6, 6.07) is 15.0. The van der Waals surface area contributed by atoms with Crippen LogP contribution in [0.25, 0.3) is 11.3 Å². The number of unbranched alkanes of at least 4 members (excludes halogenated alkanes) is 3. The molecule has 32 heavy (non-hydrogen) atoms. The zero-order chi connectivity index (χ0) is 22.8. The Bertz CT molecular complexity index is 1170. The summed E-state index contributed by atoms with van der Waals surface area (Å²) in [5.74, 6) is 0.156. The second kappa shape index (κ2) is 11.4. The summed E-state index contributed by atoms with van der Waals surface area (Å²) in [5, 5.41) is 13.4. The zero-order valence-corrected chi connectivity index (χ0v) is 17.8. The van der Waals surface area contributed by atoms with Crippen LogP contribution in [0.1, 0.15) is 43.7 Å². The molecule has 0 bridgehead atoms. The molecule has 0 aliphatic carbocycles. The number of hydrogen-bond donors (Lipinski definition) is 2. The van der Waals surface area contributed by atoms with E-state index in [1.807, 2.05) is 12.1 Å². The van der Waals surface area contributed by atoms with Crippen molar-refractivity contribution < 1.29 is 9.13 Å². The van der Waals surface area contributed by atoms with Crippen LogP contribution in [0.15, 0.2) is 58.4 Å². The smallest absolute Gasteiger partial charge is 0.270 e. The molecule has 8 heteroatoms. The second-order valence-electron chi connectivity index (χ2n) is 7.08. The number of hydrazone groups is 1. The summed E-state index contributed by atoms with van der Waals surface area (Å²) < 4.78 is 19.5. The molecule has 1 aromatic heterocycles. The number of benzene rings is 2. The summed E-state index contributed by atoms with van der Waals surface area (Å²) in [6.07, 6.45) is 5.66. The molecule has 0 fully saturated rings. The van der Waals surface area contributed by atoms with E-state index >= 15 is 0 Å². The molecule has 2 aromatic carbocycles. The molecule has 0 atom stereocenters. The largest absolute Gasteiger partial charge is 0.493 e. The Morgan fingerprint density at radius 3 is 2.78 bits per heavy atom. The Labute approximate surface area is 185 Å². The Morgan fingerprint density at radius 1 is 1.22 bits per heavy atom. The minimum Gasteiger partial charge on any atom is -0.493 e. The van der Waals surface area contributed by atoms with Gasteiger partial charge in [0.25, 0.3) is 5.56 Å².